The molecule has 0 radical (unpaired) electrons. The molecule has 0 saturated heterocycles. The SMILES string of the molecule is O=C(Oc1c(-c2ccc(Cl)cc2)oc2ccccc2c1=O)c1ccc(Cl)c([N+](=O)[O-])c1. The van der Waals surface area contributed by atoms with Crippen LogP contribution < -0.4 is 10.2 Å². The number of para-hydroxylation sites is 1. The minimum atomic E-state index is -0.974. The lowest BCUT2D eigenvalue weighted by atomic mass is 10.1. The Morgan fingerprint density at radius 3 is 2.42 bits per heavy atom. The average Bonchev–Trinajstić information content (AvgIpc) is 2.76. The van der Waals surface area contributed by atoms with E-state index in [1.165, 1.54) is 18.2 Å². The van der Waals surface area contributed by atoms with Gasteiger partial charge in [0.1, 0.15) is 10.6 Å². The second-order valence-electron chi connectivity index (χ2n) is 6.41. The molecule has 0 N–H and O–H groups in total. The summed E-state index contributed by atoms with van der Waals surface area (Å²) in [7, 11) is 0. The van der Waals surface area contributed by atoms with E-state index in [4.69, 9.17) is 32.4 Å². The van der Waals surface area contributed by atoms with Gasteiger partial charge in [-0.3, -0.25) is 14.9 Å². The van der Waals surface area contributed by atoms with Gasteiger partial charge in [0.2, 0.25) is 11.2 Å². The summed E-state index contributed by atoms with van der Waals surface area (Å²) in [6.45, 7) is 0. The molecular weight excluding hydrogens is 445 g/mol. The first-order chi connectivity index (χ1) is 14.8. The van der Waals surface area contributed by atoms with Gasteiger partial charge in [-0.15, -0.1) is 0 Å². The molecule has 0 spiro atoms. The number of fused-ring (bicyclic) bond motifs is 1. The van der Waals surface area contributed by atoms with Crippen LogP contribution in [0.4, 0.5) is 5.69 Å². The fourth-order valence-electron chi connectivity index (χ4n) is 2.94. The largest absolute Gasteiger partial charge is 0.452 e. The smallest absolute Gasteiger partial charge is 0.344 e. The Hall–Kier alpha value is -3.68. The van der Waals surface area contributed by atoms with Gasteiger partial charge < -0.3 is 9.15 Å². The molecule has 0 atom stereocenters. The number of nitrogens with zero attached hydrogens (tertiary/aromatic N) is 1. The van der Waals surface area contributed by atoms with Gasteiger partial charge in [0.25, 0.3) is 5.69 Å². The van der Waals surface area contributed by atoms with Crippen molar-refractivity contribution in [2.75, 3.05) is 0 Å². The molecule has 154 valence electrons. The van der Waals surface area contributed by atoms with E-state index in [1.807, 2.05) is 0 Å². The minimum Gasteiger partial charge on any atom is -0.452 e. The van der Waals surface area contributed by atoms with Crippen LogP contribution in [0, 0.1) is 10.1 Å². The zero-order valence-electron chi connectivity index (χ0n) is 15.5. The monoisotopic (exact) mass is 455 g/mol. The number of halogens is 2. The van der Waals surface area contributed by atoms with Gasteiger partial charge in [0, 0.05) is 16.7 Å². The number of esters is 1. The predicted molar refractivity (Wildman–Crippen MR) is 116 cm³/mol. The molecule has 0 fully saturated rings. The van der Waals surface area contributed by atoms with E-state index >= 15 is 0 Å². The van der Waals surface area contributed by atoms with Crippen LogP contribution in [0.3, 0.4) is 0 Å². The van der Waals surface area contributed by atoms with Crippen molar-refractivity contribution in [3.63, 3.8) is 0 Å². The molecule has 0 aliphatic carbocycles. The van der Waals surface area contributed by atoms with Crippen LogP contribution in [0.25, 0.3) is 22.3 Å². The van der Waals surface area contributed by atoms with Crippen molar-refractivity contribution < 1.29 is 18.9 Å². The number of hydrogen-bond donors (Lipinski definition) is 0. The molecule has 0 aliphatic heterocycles. The maximum absolute atomic E-state index is 13.1. The number of ether oxygens (including phenoxy) is 1. The Kier molecular flexibility index (Phi) is 5.46. The number of benzene rings is 3. The van der Waals surface area contributed by atoms with Crippen LogP contribution in [0.15, 0.2) is 75.9 Å². The van der Waals surface area contributed by atoms with Gasteiger partial charge in [-0.25, -0.2) is 4.79 Å². The van der Waals surface area contributed by atoms with E-state index in [1.54, 1.807) is 42.5 Å². The highest BCUT2D eigenvalue weighted by Gasteiger charge is 2.23. The van der Waals surface area contributed by atoms with Crippen LogP contribution in [0.5, 0.6) is 5.75 Å². The summed E-state index contributed by atoms with van der Waals surface area (Å²) >= 11 is 11.7. The maximum atomic E-state index is 13.1. The van der Waals surface area contributed by atoms with Crippen LogP contribution in [0.1, 0.15) is 10.4 Å². The van der Waals surface area contributed by atoms with E-state index in [2.05, 4.69) is 0 Å². The zero-order valence-corrected chi connectivity index (χ0v) is 17.0. The summed E-state index contributed by atoms with van der Waals surface area (Å²) in [4.78, 5) is 36.2. The lowest BCUT2D eigenvalue weighted by molar-refractivity contribution is -0.384. The Balaban J connectivity index is 1.85. The number of rotatable bonds is 4. The molecule has 0 saturated carbocycles. The van der Waals surface area contributed by atoms with Crippen LogP contribution in [0.2, 0.25) is 10.0 Å². The lowest BCUT2D eigenvalue weighted by Gasteiger charge is -2.11. The third-order valence-electron chi connectivity index (χ3n) is 4.44. The molecule has 1 aromatic heterocycles. The van der Waals surface area contributed by atoms with Crippen molar-refractivity contribution >= 4 is 45.8 Å². The summed E-state index contributed by atoms with van der Waals surface area (Å²) in [5.41, 5.74) is -0.412. The molecule has 0 amide bonds. The second kappa shape index (κ2) is 8.22. The molecule has 0 unspecified atom stereocenters. The lowest BCUT2D eigenvalue weighted by Crippen LogP contribution is -2.16. The molecule has 9 heteroatoms. The summed E-state index contributed by atoms with van der Waals surface area (Å²) < 4.78 is 11.3. The predicted octanol–water partition coefficient (Wildman–Crippen LogP) is 5.89. The number of carbonyl (C=O) groups excluding carboxylic acids is 1. The topological polar surface area (TPSA) is 99.7 Å². The van der Waals surface area contributed by atoms with Gasteiger partial charge in [-0.05, 0) is 48.5 Å². The third kappa shape index (κ3) is 4.01. The van der Waals surface area contributed by atoms with E-state index in [-0.39, 0.29) is 27.5 Å². The van der Waals surface area contributed by atoms with E-state index in [9.17, 15) is 19.7 Å². The highest BCUT2D eigenvalue weighted by molar-refractivity contribution is 6.32. The fourth-order valence-corrected chi connectivity index (χ4v) is 3.25. The van der Waals surface area contributed by atoms with Crippen molar-refractivity contribution in [2.45, 2.75) is 0 Å². The molecule has 4 aromatic rings. The number of nitro benzene ring substituents is 1. The summed E-state index contributed by atoms with van der Waals surface area (Å²) in [6.07, 6.45) is 0. The second-order valence-corrected chi connectivity index (χ2v) is 7.25. The molecular formula is C22H11Cl2NO6. The van der Waals surface area contributed by atoms with Crippen molar-refractivity contribution in [1.29, 1.82) is 0 Å². The Bertz CT molecular complexity index is 1400. The Labute approximate surface area is 184 Å². The average molecular weight is 456 g/mol. The highest BCUT2D eigenvalue weighted by atomic mass is 35.5. The number of nitro groups is 1. The Morgan fingerprint density at radius 1 is 1.00 bits per heavy atom. The van der Waals surface area contributed by atoms with E-state index in [0.717, 1.165) is 6.07 Å². The normalized spacial score (nSPS) is 10.8. The fraction of sp³-hybridized carbons (Fsp3) is 0. The molecule has 1 heterocycles. The molecule has 3 aromatic carbocycles. The van der Waals surface area contributed by atoms with Gasteiger partial charge in [-0.1, -0.05) is 35.3 Å². The molecule has 7 nitrogen and oxygen atoms in total. The minimum absolute atomic E-state index is 0.0252. The van der Waals surface area contributed by atoms with E-state index < -0.39 is 22.0 Å². The van der Waals surface area contributed by atoms with Gasteiger partial charge in [0.05, 0.1) is 15.9 Å². The van der Waals surface area contributed by atoms with Gasteiger partial charge in [0.15, 0.2) is 5.76 Å². The van der Waals surface area contributed by atoms with Crippen LogP contribution in [-0.2, 0) is 0 Å². The van der Waals surface area contributed by atoms with Crippen molar-refractivity contribution in [2.24, 2.45) is 0 Å². The van der Waals surface area contributed by atoms with Crippen LogP contribution >= 0.6 is 23.2 Å². The van der Waals surface area contributed by atoms with Gasteiger partial charge >= 0.3 is 5.97 Å². The highest BCUT2D eigenvalue weighted by Crippen LogP contribution is 2.32. The van der Waals surface area contributed by atoms with Crippen molar-refractivity contribution in [1.82, 2.24) is 0 Å². The first-order valence-electron chi connectivity index (χ1n) is 8.83. The molecule has 4 rings (SSSR count). The molecule has 31 heavy (non-hydrogen) atoms. The molecule has 0 bridgehead atoms. The van der Waals surface area contributed by atoms with E-state index in [0.29, 0.717) is 16.2 Å². The summed E-state index contributed by atoms with van der Waals surface area (Å²) in [5.74, 6) is -1.29. The zero-order chi connectivity index (χ0) is 22.1. The third-order valence-corrected chi connectivity index (χ3v) is 5.01. The quantitative estimate of drug-likeness (QED) is 0.216. The van der Waals surface area contributed by atoms with Crippen LogP contribution in [-0.4, -0.2) is 10.9 Å². The summed E-state index contributed by atoms with van der Waals surface area (Å²) in [5, 5.41) is 11.7. The van der Waals surface area contributed by atoms with Crippen molar-refractivity contribution in [3.05, 3.63) is 103 Å². The van der Waals surface area contributed by atoms with Crippen molar-refractivity contribution in [3.8, 4) is 17.1 Å². The Morgan fingerprint density at radius 2 is 1.71 bits per heavy atom. The number of carbonyl (C=O) groups is 1. The standard InChI is InChI=1S/C22H11Cl2NO6/c23-14-8-5-12(6-9-14)20-21(19(26)15-3-1-2-4-18(15)30-20)31-22(27)13-7-10-16(24)17(11-13)25(28)29/h1-11H. The number of hydrogen-bond acceptors (Lipinski definition) is 6. The first-order valence-corrected chi connectivity index (χ1v) is 9.58. The molecule has 0 aliphatic rings. The van der Waals surface area contributed by atoms with Gasteiger partial charge in [-0.2, -0.15) is 0 Å². The first kappa shape index (κ1) is 20.6. The maximum Gasteiger partial charge on any atom is 0.344 e. The summed E-state index contributed by atoms with van der Waals surface area (Å²) in [6, 6.07) is 16.4.